The maximum atomic E-state index is 9.50. The van der Waals surface area contributed by atoms with E-state index in [1.165, 1.54) is 0 Å². The smallest absolute Gasteiger partial charge is 0.121 e. The van der Waals surface area contributed by atoms with E-state index < -0.39 is 0 Å². The summed E-state index contributed by atoms with van der Waals surface area (Å²) in [5, 5.41) is 10.6. The van der Waals surface area contributed by atoms with Gasteiger partial charge in [0.2, 0.25) is 0 Å². The minimum absolute atomic E-state index is 0.118. The van der Waals surface area contributed by atoms with Crippen LogP contribution in [0.3, 0.4) is 0 Å². The molecule has 3 heteroatoms. The van der Waals surface area contributed by atoms with Crippen molar-refractivity contribution < 1.29 is 5.11 Å². The Hall–Kier alpha value is -0.400. The fourth-order valence-electron chi connectivity index (χ4n) is 1.39. The van der Waals surface area contributed by atoms with Gasteiger partial charge >= 0.3 is 0 Å². The minimum Gasteiger partial charge on any atom is -0.508 e. The molecule has 0 saturated heterocycles. The van der Waals surface area contributed by atoms with Gasteiger partial charge in [0.05, 0.1) is 5.02 Å². The predicted octanol–water partition coefficient (Wildman–Crippen LogP) is 4.30. The third-order valence-electron chi connectivity index (χ3n) is 2.19. The molecule has 0 heterocycles. The van der Waals surface area contributed by atoms with Crippen LogP contribution in [0.2, 0.25) is 10.0 Å². The second kappa shape index (κ2) is 3.63. The van der Waals surface area contributed by atoms with Gasteiger partial charge in [0, 0.05) is 10.6 Å². The van der Waals surface area contributed by atoms with Crippen LogP contribution in [0.15, 0.2) is 6.07 Å². The van der Waals surface area contributed by atoms with Crippen molar-refractivity contribution in [3.8, 4) is 5.75 Å². The van der Waals surface area contributed by atoms with Crippen LogP contribution >= 0.6 is 23.2 Å². The molecule has 1 aromatic rings. The molecule has 0 aliphatic heterocycles. The van der Waals surface area contributed by atoms with Gasteiger partial charge < -0.3 is 5.11 Å². The molecule has 1 N–H and O–H groups in total. The molecule has 1 aromatic carbocycles. The highest BCUT2D eigenvalue weighted by molar-refractivity contribution is 6.37. The molecule has 1 nitrogen and oxygen atoms in total. The molecule has 0 saturated carbocycles. The van der Waals surface area contributed by atoms with Gasteiger partial charge in [0.25, 0.3) is 0 Å². The van der Waals surface area contributed by atoms with E-state index in [0.29, 0.717) is 15.6 Å². The zero-order chi connectivity index (χ0) is 11.1. The van der Waals surface area contributed by atoms with Crippen LogP contribution in [0.1, 0.15) is 31.9 Å². The van der Waals surface area contributed by atoms with Crippen molar-refractivity contribution in [1.29, 1.82) is 0 Å². The van der Waals surface area contributed by atoms with Crippen molar-refractivity contribution in [3.05, 3.63) is 27.2 Å². The monoisotopic (exact) mass is 232 g/mol. The van der Waals surface area contributed by atoms with Crippen LogP contribution in [0.25, 0.3) is 0 Å². The van der Waals surface area contributed by atoms with E-state index in [4.69, 9.17) is 23.2 Å². The Kier molecular flexibility index (Phi) is 3.03. The van der Waals surface area contributed by atoms with E-state index in [-0.39, 0.29) is 11.2 Å². The molecular weight excluding hydrogens is 219 g/mol. The van der Waals surface area contributed by atoms with Crippen molar-refractivity contribution in [3.63, 3.8) is 0 Å². The third-order valence-corrected chi connectivity index (χ3v) is 2.96. The Morgan fingerprint density at radius 1 is 1.21 bits per heavy atom. The lowest BCUT2D eigenvalue weighted by Crippen LogP contribution is -2.13. The molecule has 0 fully saturated rings. The van der Waals surface area contributed by atoms with Gasteiger partial charge in [-0.3, -0.25) is 0 Å². The van der Waals surface area contributed by atoms with E-state index in [9.17, 15) is 5.11 Å². The van der Waals surface area contributed by atoms with Crippen molar-refractivity contribution in [2.24, 2.45) is 0 Å². The third kappa shape index (κ3) is 1.99. The maximum absolute atomic E-state index is 9.50. The average molecular weight is 233 g/mol. The lowest BCUT2D eigenvalue weighted by Gasteiger charge is -2.23. The van der Waals surface area contributed by atoms with E-state index in [1.807, 2.05) is 20.8 Å². The van der Waals surface area contributed by atoms with Crippen LogP contribution in [-0.2, 0) is 5.41 Å². The van der Waals surface area contributed by atoms with Gasteiger partial charge in [-0.05, 0) is 24.0 Å². The van der Waals surface area contributed by atoms with Gasteiger partial charge in [-0.1, -0.05) is 44.0 Å². The van der Waals surface area contributed by atoms with Crippen LogP contribution < -0.4 is 0 Å². The zero-order valence-electron chi connectivity index (χ0n) is 8.78. The van der Waals surface area contributed by atoms with Crippen LogP contribution in [0, 0.1) is 6.92 Å². The first kappa shape index (κ1) is 11.7. The molecule has 0 spiro atoms. The Balaban J connectivity index is 3.53. The number of hydrogen-bond donors (Lipinski definition) is 1. The number of aromatic hydroxyl groups is 1. The van der Waals surface area contributed by atoms with Crippen molar-refractivity contribution in [2.45, 2.75) is 33.1 Å². The average Bonchev–Trinajstić information content (AvgIpc) is 1.97. The van der Waals surface area contributed by atoms with Crippen LogP contribution in [0.4, 0.5) is 0 Å². The number of benzene rings is 1. The van der Waals surface area contributed by atoms with Crippen molar-refractivity contribution in [1.82, 2.24) is 0 Å². The van der Waals surface area contributed by atoms with Gasteiger partial charge in [-0.2, -0.15) is 0 Å². The Labute approximate surface area is 94.7 Å². The first-order valence-electron chi connectivity index (χ1n) is 4.43. The molecular formula is C11H14Cl2O. The molecule has 0 aliphatic rings. The first-order valence-corrected chi connectivity index (χ1v) is 5.18. The number of phenols is 1. The standard InChI is InChI=1S/C11H14Cl2O/c1-6-8(14)5-7(12)9(10(6)13)11(2,3)4/h5,14H,1-4H3. The highest BCUT2D eigenvalue weighted by Crippen LogP contribution is 2.40. The predicted molar refractivity (Wildman–Crippen MR) is 61.6 cm³/mol. The minimum atomic E-state index is -0.118. The van der Waals surface area contributed by atoms with Gasteiger partial charge in [-0.25, -0.2) is 0 Å². The lowest BCUT2D eigenvalue weighted by atomic mass is 9.86. The molecule has 0 aliphatic carbocycles. The summed E-state index contributed by atoms with van der Waals surface area (Å²) in [4.78, 5) is 0. The van der Waals surface area contributed by atoms with Crippen LogP contribution in [0.5, 0.6) is 5.75 Å². The molecule has 1 rings (SSSR count). The van der Waals surface area contributed by atoms with Crippen molar-refractivity contribution in [2.75, 3.05) is 0 Å². The summed E-state index contributed by atoms with van der Waals surface area (Å²) < 4.78 is 0. The summed E-state index contributed by atoms with van der Waals surface area (Å²) in [6.45, 7) is 7.90. The fourth-order valence-corrected chi connectivity index (χ4v) is 2.40. The summed E-state index contributed by atoms with van der Waals surface area (Å²) in [6, 6.07) is 1.54. The normalized spacial score (nSPS) is 11.9. The molecule has 0 aromatic heterocycles. The topological polar surface area (TPSA) is 20.2 Å². The van der Waals surface area contributed by atoms with E-state index >= 15 is 0 Å². The quantitative estimate of drug-likeness (QED) is 0.708. The van der Waals surface area contributed by atoms with E-state index in [1.54, 1.807) is 13.0 Å². The molecule has 78 valence electrons. The molecule has 0 bridgehead atoms. The number of halogens is 2. The molecule has 0 unspecified atom stereocenters. The van der Waals surface area contributed by atoms with Gasteiger partial charge in [-0.15, -0.1) is 0 Å². The van der Waals surface area contributed by atoms with Crippen molar-refractivity contribution >= 4 is 23.2 Å². The summed E-state index contributed by atoms with van der Waals surface area (Å²) in [7, 11) is 0. The summed E-state index contributed by atoms with van der Waals surface area (Å²) in [5.74, 6) is 0.146. The molecule has 0 radical (unpaired) electrons. The Morgan fingerprint density at radius 2 is 1.71 bits per heavy atom. The lowest BCUT2D eigenvalue weighted by molar-refractivity contribution is 0.470. The number of hydrogen-bond acceptors (Lipinski definition) is 1. The largest absolute Gasteiger partial charge is 0.508 e. The first-order chi connectivity index (χ1) is 6.25. The summed E-state index contributed by atoms with van der Waals surface area (Å²) in [5.41, 5.74) is 1.45. The Bertz CT molecular complexity index is 365. The highest BCUT2D eigenvalue weighted by Gasteiger charge is 2.23. The van der Waals surface area contributed by atoms with E-state index in [0.717, 1.165) is 5.56 Å². The highest BCUT2D eigenvalue weighted by atomic mass is 35.5. The molecule has 0 atom stereocenters. The van der Waals surface area contributed by atoms with Gasteiger partial charge in [0.15, 0.2) is 0 Å². The van der Waals surface area contributed by atoms with E-state index in [2.05, 4.69) is 0 Å². The fraction of sp³-hybridized carbons (Fsp3) is 0.455. The SMILES string of the molecule is Cc1c(O)cc(Cl)c(C(C)(C)C)c1Cl. The second-order valence-corrected chi connectivity index (χ2v) is 5.23. The zero-order valence-corrected chi connectivity index (χ0v) is 10.3. The Morgan fingerprint density at radius 3 is 2.14 bits per heavy atom. The van der Waals surface area contributed by atoms with Crippen LogP contribution in [-0.4, -0.2) is 5.11 Å². The summed E-state index contributed by atoms with van der Waals surface area (Å²) >= 11 is 12.2. The maximum Gasteiger partial charge on any atom is 0.121 e. The van der Waals surface area contributed by atoms with Gasteiger partial charge in [0.1, 0.15) is 5.75 Å². The molecule has 14 heavy (non-hydrogen) atoms. The molecule has 0 amide bonds. The summed E-state index contributed by atoms with van der Waals surface area (Å²) in [6.07, 6.45) is 0. The number of rotatable bonds is 0. The number of phenolic OH excluding ortho intramolecular Hbond substituents is 1. The second-order valence-electron chi connectivity index (χ2n) is 4.44.